The predicted octanol–water partition coefficient (Wildman–Crippen LogP) is 2.61. The molecular formula is C17H24N2O3. The van der Waals surface area contributed by atoms with Crippen molar-refractivity contribution in [1.82, 2.24) is 10.3 Å². The Balaban J connectivity index is 1.88. The fraction of sp³-hybridized carbons (Fsp3) is 0.529. The van der Waals surface area contributed by atoms with E-state index in [0.717, 1.165) is 43.6 Å². The molecule has 5 heteroatoms. The Labute approximate surface area is 131 Å². The minimum absolute atomic E-state index is 0.0365. The van der Waals surface area contributed by atoms with Crippen LogP contribution in [0.5, 0.6) is 5.88 Å². The molecule has 1 aromatic heterocycles. The van der Waals surface area contributed by atoms with Gasteiger partial charge < -0.3 is 14.8 Å². The number of nitrogens with one attached hydrogen (secondary N) is 1. The second kappa shape index (κ2) is 8.54. The van der Waals surface area contributed by atoms with E-state index in [0.29, 0.717) is 12.4 Å². The second-order valence-electron chi connectivity index (χ2n) is 5.41. The van der Waals surface area contributed by atoms with Gasteiger partial charge in [-0.2, -0.15) is 0 Å². The Morgan fingerprint density at radius 2 is 2.27 bits per heavy atom. The van der Waals surface area contributed by atoms with Crippen LogP contribution in [0.4, 0.5) is 0 Å². The van der Waals surface area contributed by atoms with Gasteiger partial charge in [0.15, 0.2) is 0 Å². The molecule has 22 heavy (non-hydrogen) atoms. The molecule has 0 aromatic carbocycles. The highest BCUT2D eigenvalue weighted by molar-refractivity contribution is 5.92. The predicted molar refractivity (Wildman–Crippen MR) is 84.6 cm³/mol. The van der Waals surface area contributed by atoms with Gasteiger partial charge in [0.2, 0.25) is 11.8 Å². The molecule has 0 bridgehead atoms. The monoisotopic (exact) mass is 304 g/mol. The van der Waals surface area contributed by atoms with Crippen LogP contribution in [0, 0.1) is 0 Å². The van der Waals surface area contributed by atoms with Crippen LogP contribution in [0.15, 0.2) is 30.0 Å². The third kappa shape index (κ3) is 5.15. The van der Waals surface area contributed by atoms with Crippen molar-refractivity contribution in [3.63, 3.8) is 0 Å². The van der Waals surface area contributed by atoms with Gasteiger partial charge in [0.05, 0.1) is 13.2 Å². The third-order valence-electron chi connectivity index (χ3n) is 3.58. The number of nitrogens with zero attached hydrogens (tertiary/aromatic N) is 1. The van der Waals surface area contributed by atoms with E-state index in [1.165, 1.54) is 0 Å². The van der Waals surface area contributed by atoms with Crippen LogP contribution in [-0.2, 0) is 16.1 Å². The molecule has 1 fully saturated rings. The van der Waals surface area contributed by atoms with Gasteiger partial charge in [0.1, 0.15) is 6.10 Å². The van der Waals surface area contributed by atoms with Crippen LogP contribution in [-0.4, -0.2) is 30.2 Å². The first kappa shape index (κ1) is 16.5. The topological polar surface area (TPSA) is 60.5 Å². The number of pyridine rings is 1. The van der Waals surface area contributed by atoms with E-state index >= 15 is 0 Å². The maximum Gasteiger partial charge on any atom is 0.246 e. The zero-order chi connectivity index (χ0) is 15.8. The van der Waals surface area contributed by atoms with Crippen LogP contribution in [0.3, 0.4) is 0 Å². The largest absolute Gasteiger partial charge is 0.474 e. The molecule has 2 heterocycles. The number of hydrogen-bond donors (Lipinski definition) is 1. The number of carbonyl (C=O) groups is 1. The molecule has 0 saturated carbocycles. The van der Waals surface area contributed by atoms with Crippen LogP contribution in [0.2, 0.25) is 0 Å². The number of allylic oxidation sites excluding steroid dienone is 1. The molecule has 0 atom stereocenters. The molecule has 0 aliphatic carbocycles. The van der Waals surface area contributed by atoms with Crippen LogP contribution < -0.4 is 10.1 Å². The Morgan fingerprint density at radius 1 is 1.50 bits per heavy atom. The summed E-state index contributed by atoms with van der Waals surface area (Å²) < 4.78 is 11.2. The van der Waals surface area contributed by atoms with E-state index in [-0.39, 0.29) is 12.0 Å². The van der Waals surface area contributed by atoms with Gasteiger partial charge in [0, 0.05) is 37.2 Å². The van der Waals surface area contributed by atoms with Crippen molar-refractivity contribution in [1.29, 1.82) is 0 Å². The molecule has 1 aliphatic heterocycles. The summed E-state index contributed by atoms with van der Waals surface area (Å²) in [5, 5.41) is 2.90. The summed E-state index contributed by atoms with van der Waals surface area (Å²) in [5.74, 6) is 0.574. The lowest BCUT2D eigenvalue weighted by Crippen LogP contribution is -2.26. The third-order valence-corrected chi connectivity index (χ3v) is 3.58. The molecule has 2 rings (SSSR count). The smallest absolute Gasteiger partial charge is 0.246 e. The average Bonchev–Trinajstić information content (AvgIpc) is 2.54. The SMILES string of the molecule is CC/C=C(/C)C(=O)NCc1ccnc(OC2CCOCC2)c1. The van der Waals surface area contributed by atoms with Gasteiger partial charge in [-0.1, -0.05) is 13.0 Å². The Hall–Kier alpha value is -1.88. The molecular weight excluding hydrogens is 280 g/mol. The normalized spacial score (nSPS) is 16.4. The summed E-state index contributed by atoms with van der Waals surface area (Å²) in [6.45, 7) is 5.79. The summed E-state index contributed by atoms with van der Waals surface area (Å²) in [5.41, 5.74) is 1.73. The number of hydrogen-bond acceptors (Lipinski definition) is 4. The average molecular weight is 304 g/mol. The highest BCUT2D eigenvalue weighted by atomic mass is 16.5. The zero-order valence-corrected chi connectivity index (χ0v) is 13.3. The zero-order valence-electron chi connectivity index (χ0n) is 13.3. The maximum atomic E-state index is 11.9. The standard InChI is InChI=1S/C17H24N2O3/c1-3-4-13(2)17(20)19-12-14-5-8-18-16(11-14)22-15-6-9-21-10-7-15/h4-5,8,11,15H,3,6-7,9-10,12H2,1-2H3,(H,19,20)/b13-4-. The Kier molecular flexibility index (Phi) is 6.40. The number of ether oxygens (including phenoxy) is 2. The molecule has 1 N–H and O–H groups in total. The van der Waals surface area contributed by atoms with E-state index in [4.69, 9.17) is 9.47 Å². The van der Waals surface area contributed by atoms with Crippen LogP contribution in [0.1, 0.15) is 38.7 Å². The van der Waals surface area contributed by atoms with Gasteiger partial charge >= 0.3 is 0 Å². The first-order chi connectivity index (χ1) is 10.7. The van der Waals surface area contributed by atoms with Gasteiger partial charge in [-0.3, -0.25) is 4.79 Å². The van der Waals surface area contributed by atoms with E-state index in [1.807, 2.05) is 32.1 Å². The highest BCUT2D eigenvalue weighted by Crippen LogP contribution is 2.16. The summed E-state index contributed by atoms with van der Waals surface area (Å²) in [6, 6.07) is 3.77. The first-order valence-corrected chi connectivity index (χ1v) is 7.83. The quantitative estimate of drug-likeness (QED) is 0.821. The lowest BCUT2D eigenvalue weighted by Gasteiger charge is -2.22. The van der Waals surface area contributed by atoms with Crippen molar-refractivity contribution in [2.24, 2.45) is 0 Å². The molecule has 5 nitrogen and oxygen atoms in total. The molecule has 120 valence electrons. The van der Waals surface area contributed by atoms with Crippen molar-refractivity contribution in [2.45, 2.75) is 45.8 Å². The van der Waals surface area contributed by atoms with Gasteiger partial charge in [-0.15, -0.1) is 0 Å². The lowest BCUT2D eigenvalue weighted by molar-refractivity contribution is -0.117. The van der Waals surface area contributed by atoms with Crippen molar-refractivity contribution >= 4 is 5.91 Å². The summed E-state index contributed by atoms with van der Waals surface area (Å²) in [7, 11) is 0. The van der Waals surface area contributed by atoms with E-state index in [1.54, 1.807) is 6.20 Å². The van der Waals surface area contributed by atoms with Crippen molar-refractivity contribution in [2.75, 3.05) is 13.2 Å². The molecule has 1 saturated heterocycles. The van der Waals surface area contributed by atoms with Gasteiger partial charge in [0.25, 0.3) is 0 Å². The first-order valence-electron chi connectivity index (χ1n) is 7.83. The number of amides is 1. The number of rotatable bonds is 6. The molecule has 0 unspecified atom stereocenters. The van der Waals surface area contributed by atoms with Gasteiger partial charge in [-0.25, -0.2) is 4.98 Å². The molecule has 1 aromatic rings. The minimum Gasteiger partial charge on any atom is -0.474 e. The van der Waals surface area contributed by atoms with Crippen molar-refractivity contribution in [3.05, 3.63) is 35.5 Å². The number of aromatic nitrogens is 1. The Bertz CT molecular complexity index is 522. The van der Waals surface area contributed by atoms with Gasteiger partial charge in [-0.05, 0) is 25.0 Å². The highest BCUT2D eigenvalue weighted by Gasteiger charge is 2.15. The fourth-order valence-corrected chi connectivity index (χ4v) is 2.31. The Morgan fingerprint density at radius 3 is 3.00 bits per heavy atom. The van der Waals surface area contributed by atoms with Crippen molar-refractivity contribution < 1.29 is 14.3 Å². The molecule has 1 amide bonds. The minimum atomic E-state index is -0.0365. The fourth-order valence-electron chi connectivity index (χ4n) is 2.31. The summed E-state index contributed by atoms with van der Waals surface area (Å²) >= 11 is 0. The summed E-state index contributed by atoms with van der Waals surface area (Å²) in [4.78, 5) is 16.1. The van der Waals surface area contributed by atoms with Crippen molar-refractivity contribution in [3.8, 4) is 5.88 Å². The molecule has 0 radical (unpaired) electrons. The summed E-state index contributed by atoms with van der Waals surface area (Å²) in [6.07, 6.45) is 6.44. The molecule has 1 aliphatic rings. The number of carbonyl (C=O) groups excluding carboxylic acids is 1. The maximum absolute atomic E-state index is 11.9. The lowest BCUT2D eigenvalue weighted by atomic mass is 10.1. The van der Waals surface area contributed by atoms with E-state index in [2.05, 4.69) is 10.3 Å². The second-order valence-corrected chi connectivity index (χ2v) is 5.41. The van der Waals surface area contributed by atoms with E-state index in [9.17, 15) is 4.79 Å². The van der Waals surface area contributed by atoms with Crippen LogP contribution in [0.25, 0.3) is 0 Å². The van der Waals surface area contributed by atoms with E-state index < -0.39 is 0 Å². The molecule has 0 spiro atoms. The van der Waals surface area contributed by atoms with Crippen LogP contribution >= 0.6 is 0 Å².